The fourth-order valence-electron chi connectivity index (χ4n) is 1.89. The number of carboxylic acid groups (broad SMARTS) is 1. The van der Waals surface area contributed by atoms with Gasteiger partial charge in [0.15, 0.2) is 0 Å². The van der Waals surface area contributed by atoms with E-state index in [4.69, 9.17) is 5.11 Å². The standard InChI is InChI=1S/C15H22N2O3/c1-10(2)17(9-13-6-5-7-16-8-13)14(18)11(3)12(4)15(19)20/h5-8,10-12H,9H2,1-4H3,(H,19,20). The van der Waals surface area contributed by atoms with E-state index in [-0.39, 0.29) is 11.9 Å². The lowest BCUT2D eigenvalue weighted by Gasteiger charge is -2.30. The molecule has 0 saturated heterocycles. The number of rotatable bonds is 6. The van der Waals surface area contributed by atoms with Crippen molar-refractivity contribution in [2.24, 2.45) is 11.8 Å². The Bertz CT molecular complexity index is 459. The molecule has 0 fully saturated rings. The first-order chi connectivity index (χ1) is 9.34. The number of hydrogen-bond acceptors (Lipinski definition) is 3. The molecule has 0 aliphatic heterocycles. The molecule has 1 heterocycles. The predicted molar refractivity (Wildman–Crippen MR) is 75.9 cm³/mol. The normalized spacial score (nSPS) is 13.8. The Balaban J connectivity index is 2.86. The van der Waals surface area contributed by atoms with E-state index in [9.17, 15) is 9.59 Å². The average Bonchev–Trinajstić information content (AvgIpc) is 2.43. The third kappa shape index (κ3) is 4.05. The van der Waals surface area contributed by atoms with E-state index in [1.807, 2.05) is 26.0 Å². The van der Waals surface area contributed by atoms with Crippen LogP contribution in [0, 0.1) is 11.8 Å². The molecule has 0 saturated carbocycles. The SMILES string of the molecule is CC(C(=O)O)C(C)C(=O)N(Cc1cccnc1)C(C)C. The van der Waals surface area contributed by atoms with Crippen LogP contribution in [0.15, 0.2) is 24.5 Å². The highest BCUT2D eigenvalue weighted by Gasteiger charge is 2.30. The van der Waals surface area contributed by atoms with Crippen molar-refractivity contribution in [2.45, 2.75) is 40.3 Å². The minimum atomic E-state index is -0.948. The minimum Gasteiger partial charge on any atom is -0.481 e. The summed E-state index contributed by atoms with van der Waals surface area (Å²) < 4.78 is 0. The molecule has 5 nitrogen and oxygen atoms in total. The van der Waals surface area contributed by atoms with Crippen LogP contribution in [0.25, 0.3) is 0 Å². The van der Waals surface area contributed by atoms with E-state index in [1.54, 1.807) is 31.1 Å². The Morgan fingerprint density at radius 1 is 1.25 bits per heavy atom. The summed E-state index contributed by atoms with van der Waals surface area (Å²) in [5.74, 6) is -2.33. The molecule has 1 aromatic rings. The first kappa shape index (κ1) is 16.1. The number of nitrogens with zero attached hydrogens (tertiary/aromatic N) is 2. The van der Waals surface area contributed by atoms with Crippen molar-refractivity contribution in [3.8, 4) is 0 Å². The molecule has 0 aliphatic rings. The molecule has 0 bridgehead atoms. The first-order valence-corrected chi connectivity index (χ1v) is 6.76. The molecule has 0 aromatic carbocycles. The molecule has 0 spiro atoms. The topological polar surface area (TPSA) is 70.5 Å². The van der Waals surface area contributed by atoms with Crippen molar-refractivity contribution in [1.29, 1.82) is 0 Å². The van der Waals surface area contributed by atoms with E-state index in [2.05, 4.69) is 4.98 Å². The van der Waals surface area contributed by atoms with Gasteiger partial charge in [-0.05, 0) is 25.5 Å². The molecule has 1 rings (SSSR count). The lowest BCUT2D eigenvalue weighted by atomic mass is 9.94. The van der Waals surface area contributed by atoms with Crippen molar-refractivity contribution in [2.75, 3.05) is 0 Å². The number of amides is 1. The number of aromatic nitrogens is 1. The second-order valence-corrected chi connectivity index (χ2v) is 5.34. The van der Waals surface area contributed by atoms with Crippen LogP contribution in [0.5, 0.6) is 0 Å². The van der Waals surface area contributed by atoms with Crippen LogP contribution in [-0.2, 0) is 16.1 Å². The smallest absolute Gasteiger partial charge is 0.307 e. The largest absolute Gasteiger partial charge is 0.481 e. The maximum Gasteiger partial charge on any atom is 0.307 e. The van der Waals surface area contributed by atoms with Crippen LogP contribution in [0.3, 0.4) is 0 Å². The van der Waals surface area contributed by atoms with Crippen molar-refractivity contribution in [1.82, 2.24) is 9.88 Å². The molecule has 1 aromatic heterocycles. The fourth-order valence-corrected chi connectivity index (χ4v) is 1.89. The summed E-state index contributed by atoms with van der Waals surface area (Å²) in [4.78, 5) is 29.2. The van der Waals surface area contributed by atoms with Gasteiger partial charge in [-0.25, -0.2) is 0 Å². The molecular weight excluding hydrogens is 256 g/mol. The zero-order chi connectivity index (χ0) is 15.3. The number of pyridine rings is 1. The molecule has 1 amide bonds. The molecule has 20 heavy (non-hydrogen) atoms. The third-order valence-electron chi connectivity index (χ3n) is 3.51. The van der Waals surface area contributed by atoms with Crippen molar-refractivity contribution < 1.29 is 14.7 Å². The van der Waals surface area contributed by atoms with E-state index in [1.165, 1.54) is 0 Å². The van der Waals surface area contributed by atoms with Crippen LogP contribution in [0.2, 0.25) is 0 Å². The van der Waals surface area contributed by atoms with E-state index >= 15 is 0 Å². The first-order valence-electron chi connectivity index (χ1n) is 6.76. The second-order valence-electron chi connectivity index (χ2n) is 5.34. The summed E-state index contributed by atoms with van der Waals surface area (Å²) in [5.41, 5.74) is 0.935. The van der Waals surface area contributed by atoms with E-state index in [0.717, 1.165) is 5.56 Å². The molecule has 110 valence electrons. The van der Waals surface area contributed by atoms with Gasteiger partial charge in [0.2, 0.25) is 5.91 Å². The summed E-state index contributed by atoms with van der Waals surface area (Å²) in [6, 6.07) is 3.73. The number of hydrogen-bond donors (Lipinski definition) is 1. The van der Waals surface area contributed by atoms with E-state index in [0.29, 0.717) is 6.54 Å². The second kappa shape index (κ2) is 7.03. The Morgan fingerprint density at radius 3 is 2.35 bits per heavy atom. The molecule has 2 atom stereocenters. The zero-order valence-corrected chi connectivity index (χ0v) is 12.4. The summed E-state index contributed by atoms with van der Waals surface area (Å²) >= 11 is 0. The lowest BCUT2D eigenvalue weighted by Crippen LogP contribution is -2.42. The highest BCUT2D eigenvalue weighted by atomic mass is 16.4. The van der Waals surface area contributed by atoms with Gasteiger partial charge in [0.25, 0.3) is 0 Å². The summed E-state index contributed by atoms with van der Waals surface area (Å²) in [6.45, 7) is 7.52. The van der Waals surface area contributed by atoms with Gasteiger partial charge in [0.05, 0.1) is 5.92 Å². The highest BCUT2D eigenvalue weighted by Crippen LogP contribution is 2.18. The lowest BCUT2D eigenvalue weighted by molar-refractivity contribution is -0.150. The van der Waals surface area contributed by atoms with Gasteiger partial charge < -0.3 is 10.0 Å². The molecule has 2 unspecified atom stereocenters. The minimum absolute atomic E-state index is 0.00570. The van der Waals surface area contributed by atoms with Gasteiger partial charge in [-0.1, -0.05) is 19.9 Å². The van der Waals surface area contributed by atoms with Crippen molar-refractivity contribution >= 4 is 11.9 Å². The Kier molecular flexibility index (Phi) is 5.67. The highest BCUT2D eigenvalue weighted by molar-refractivity contribution is 5.84. The zero-order valence-electron chi connectivity index (χ0n) is 12.4. The van der Waals surface area contributed by atoms with Gasteiger partial charge in [-0.3, -0.25) is 14.6 Å². The number of carbonyl (C=O) groups is 2. The van der Waals surface area contributed by atoms with E-state index < -0.39 is 17.8 Å². The van der Waals surface area contributed by atoms with Crippen LogP contribution in [0.4, 0.5) is 0 Å². The maximum atomic E-state index is 12.5. The van der Waals surface area contributed by atoms with Gasteiger partial charge in [0.1, 0.15) is 0 Å². The Labute approximate surface area is 119 Å². The monoisotopic (exact) mass is 278 g/mol. The predicted octanol–water partition coefficient (Wildman–Crippen LogP) is 2.18. The van der Waals surface area contributed by atoms with Crippen molar-refractivity contribution in [3.63, 3.8) is 0 Å². The van der Waals surface area contributed by atoms with Crippen molar-refractivity contribution in [3.05, 3.63) is 30.1 Å². The Morgan fingerprint density at radius 2 is 1.90 bits per heavy atom. The molecule has 0 aliphatic carbocycles. The molecule has 5 heteroatoms. The summed E-state index contributed by atoms with van der Waals surface area (Å²) in [5, 5.41) is 9.03. The number of carboxylic acids is 1. The molecular formula is C15H22N2O3. The van der Waals surface area contributed by atoms with Gasteiger partial charge in [0, 0.05) is 30.9 Å². The summed E-state index contributed by atoms with van der Waals surface area (Å²) in [7, 11) is 0. The average molecular weight is 278 g/mol. The van der Waals surface area contributed by atoms with Gasteiger partial charge in [-0.15, -0.1) is 0 Å². The van der Waals surface area contributed by atoms with Crippen LogP contribution in [0.1, 0.15) is 33.3 Å². The fraction of sp³-hybridized carbons (Fsp3) is 0.533. The third-order valence-corrected chi connectivity index (χ3v) is 3.51. The molecule has 0 radical (unpaired) electrons. The van der Waals surface area contributed by atoms with Gasteiger partial charge in [-0.2, -0.15) is 0 Å². The van der Waals surface area contributed by atoms with Crippen LogP contribution < -0.4 is 0 Å². The van der Waals surface area contributed by atoms with Crippen LogP contribution in [-0.4, -0.2) is 32.9 Å². The quantitative estimate of drug-likeness (QED) is 0.865. The van der Waals surface area contributed by atoms with Gasteiger partial charge >= 0.3 is 5.97 Å². The Hall–Kier alpha value is -1.91. The molecule has 1 N–H and O–H groups in total. The summed E-state index contributed by atoms with van der Waals surface area (Å²) in [6.07, 6.45) is 3.40. The maximum absolute atomic E-state index is 12.5. The number of aliphatic carboxylic acids is 1. The van der Waals surface area contributed by atoms with Crippen LogP contribution >= 0.6 is 0 Å². The number of carbonyl (C=O) groups excluding carboxylic acids is 1.